The Bertz CT molecular complexity index is 1140. The fraction of sp³-hybridized carbons (Fsp3) is 0.433. The van der Waals surface area contributed by atoms with Crippen molar-refractivity contribution in [3.05, 3.63) is 70.2 Å². The zero-order valence-corrected chi connectivity index (χ0v) is 23.4. The van der Waals surface area contributed by atoms with Gasteiger partial charge in [0.2, 0.25) is 0 Å². The molecule has 2 aromatic rings. The van der Waals surface area contributed by atoms with E-state index in [0.717, 1.165) is 24.0 Å². The van der Waals surface area contributed by atoms with Crippen LogP contribution in [0.2, 0.25) is 5.02 Å². The smallest absolute Gasteiger partial charge is 0.408 e. The minimum absolute atomic E-state index is 0.211. The third-order valence-electron chi connectivity index (χ3n) is 5.41. The number of alkyl carbamates (subject to hydrolysis) is 1. The average molecular weight is 542 g/mol. The van der Waals surface area contributed by atoms with Crippen LogP contribution in [-0.2, 0) is 36.6 Å². The predicted octanol–water partition coefficient (Wildman–Crippen LogP) is 5.65. The highest BCUT2D eigenvalue weighted by Gasteiger charge is 2.36. The number of nitrogens with one attached hydrogen (secondary N) is 1. The van der Waals surface area contributed by atoms with E-state index in [0.29, 0.717) is 11.4 Å². The van der Waals surface area contributed by atoms with Crippen LogP contribution in [-0.4, -0.2) is 42.4 Å². The predicted molar refractivity (Wildman–Crippen MR) is 147 cm³/mol. The summed E-state index contributed by atoms with van der Waals surface area (Å²) in [6.45, 7) is 7.31. The SMILES string of the molecule is CC(=O)OCC(CCc1ccc(C#CCCc2ccccc2)cc1Cl)(COC(C)=O)NC(=O)OC(C)(C)C. The number of aryl methyl sites for hydroxylation is 2. The van der Waals surface area contributed by atoms with Crippen molar-refractivity contribution >= 4 is 29.6 Å². The Morgan fingerprint density at radius 2 is 1.55 bits per heavy atom. The number of hydrogen-bond acceptors (Lipinski definition) is 6. The van der Waals surface area contributed by atoms with Gasteiger partial charge in [-0.25, -0.2) is 4.79 Å². The molecule has 0 fully saturated rings. The maximum absolute atomic E-state index is 12.6. The normalized spacial score (nSPS) is 11.1. The Balaban J connectivity index is 2.16. The standard InChI is InChI=1S/C30H36ClNO6/c1-22(33)36-20-30(21-37-23(2)34,32-28(35)38-29(3,4)5)18-17-26-16-15-25(19-27(26)31)14-10-9-13-24-11-7-6-8-12-24/h6-8,11-12,15-16,19H,9,13,17-18,20-21H2,1-5H3,(H,32,35). The number of carbonyl (C=O) groups is 3. The monoisotopic (exact) mass is 541 g/mol. The van der Waals surface area contributed by atoms with Crippen LogP contribution in [0.5, 0.6) is 0 Å². The zero-order valence-electron chi connectivity index (χ0n) is 22.7. The molecule has 0 saturated heterocycles. The van der Waals surface area contributed by atoms with Crippen molar-refractivity contribution in [3.63, 3.8) is 0 Å². The number of esters is 2. The van der Waals surface area contributed by atoms with Crippen LogP contribution in [0.4, 0.5) is 4.79 Å². The van der Waals surface area contributed by atoms with Crippen LogP contribution in [0.1, 0.15) is 64.2 Å². The summed E-state index contributed by atoms with van der Waals surface area (Å²) in [6.07, 6.45) is 1.54. The lowest BCUT2D eigenvalue weighted by molar-refractivity contribution is -0.148. The molecule has 0 aromatic heterocycles. The first-order valence-corrected chi connectivity index (χ1v) is 12.8. The number of hydrogen-bond donors (Lipinski definition) is 1. The highest BCUT2D eigenvalue weighted by Crippen LogP contribution is 2.24. The van der Waals surface area contributed by atoms with E-state index in [4.69, 9.17) is 25.8 Å². The van der Waals surface area contributed by atoms with E-state index in [1.807, 2.05) is 30.3 Å². The van der Waals surface area contributed by atoms with Gasteiger partial charge in [-0.2, -0.15) is 0 Å². The van der Waals surface area contributed by atoms with Crippen LogP contribution in [0.25, 0.3) is 0 Å². The first-order chi connectivity index (χ1) is 17.9. The molecule has 0 unspecified atom stereocenters. The Labute approximate surface area is 230 Å². The molecule has 38 heavy (non-hydrogen) atoms. The fourth-order valence-corrected chi connectivity index (χ4v) is 3.81. The summed E-state index contributed by atoms with van der Waals surface area (Å²) in [5.74, 6) is 5.26. The second-order valence-electron chi connectivity index (χ2n) is 10.1. The summed E-state index contributed by atoms with van der Waals surface area (Å²) >= 11 is 6.56. The van der Waals surface area contributed by atoms with E-state index < -0.39 is 29.2 Å². The summed E-state index contributed by atoms with van der Waals surface area (Å²) in [4.78, 5) is 35.8. The van der Waals surface area contributed by atoms with Crippen molar-refractivity contribution in [3.8, 4) is 11.8 Å². The molecule has 1 amide bonds. The van der Waals surface area contributed by atoms with Gasteiger partial charge in [-0.1, -0.05) is 59.8 Å². The van der Waals surface area contributed by atoms with E-state index in [2.05, 4.69) is 29.3 Å². The third-order valence-corrected chi connectivity index (χ3v) is 5.76. The van der Waals surface area contributed by atoms with Crippen LogP contribution >= 0.6 is 11.6 Å². The van der Waals surface area contributed by atoms with Crippen molar-refractivity contribution in [2.24, 2.45) is 0 Å². The molecule has 2 aromatic carbocycles. The Morgan fingerprint density at radius 3 is 2.11 bits per heavy atom. The largest absolute Gasteiger partial charge is 0.463 e. The van der Waals surface area contributed by atoms with E-state index in [-0.39, 0.29) is 19.6 Å². The summed E-state index contributed by atoms with van der Waals surface area (Å²) in [6, 6.07) is 15.7. The van der Waals surface area contributed by atoms with Gasteiger partial charge in [0, 0.05) is 30.9 Å². The number of benzene rings is 2. The first kappa shape index (κ1) is 30.7. The fourth-order valence-electron chi connectivity index (χ4n) is 3.54. The van der Waals surface area contributed by atoms with Gasteiger partial charge in [0.1, 0.15) is 24.4 Å². The van der Waals surface area contributed by atoms with E-state index in [1.54, 1.807) is 26.8 Å². The van der Waals surface area contributed by atoms with Gasteiger partial charge in [0.25, 0.3) is 0 Å². The van der Waals surface area contributed by atoms with Gasteiger partial charge in [-0.3, -0.25) is 9.59 Å². The lowest BCUT2D eigenvalue weighted by Gasteiger charge is -2.34. The molecule has 8 heteroatoms. The van der Waals surface area contributed by atoms with Crippen molar-refractivity contribution in [2.75, 3.05) is 13.2 Å². The summed E-state index contributed by atoms with van der Waals surface area (Å²) in [5, 5.41) is 3.29. The van der Waals surface area contributed by atoms with E-state index in [9.17, 15) is 14.4 Å². The van der Waals surface area contributed by atoms with Gasteiger partial charge in [0.05, 0.1) is 0 Å². The molecule has 0 heterocycles. The third kappa shape index (κ3) is 11.7. The lowest BCUT2D eigenvalue weighted by atomic mass is 9.92. The Kier molecular flexibility index (Phi) is 11.7. The maximum Gasteiger partial charge on any atom is 0.408 e. The molecular formula is C30H36ClNO6. The molecule has 0 aliphatic heterocycles. The van der Waals surface area contributed by atoms with Gasteiger partial charge in [0.15, 0.2) is 0 Å². The van der Waals surface area contributed by atoms with Crippen molar-refractivity contribution in [1.29, 1.82) is 0 Å². The Hall–Kier alpha value is -3.50. The average Bonchev–Trinajstić information content (AvgIpc) is 2.83. The zero-order chi connectivity index (χ0) is 28.2. The van der Waals surface area contributed by atoms with Gasteiger partial charge >= 0.3 is 18.0 Å². The minimum Gasteiger partial charge on any atom is -0.463 e. The molecule has 0 spiro atoms. The number of carbonyl (C=O) groups excluding carboxylic acids is 3. The summed E-state index contributed by atoms with van der Waals surface area (Å²) in [5.41, 5.74) is 0.868. The second kappa shape index (κ2) is 14.4. The highest BCUT2D eigenvalue weighted by molar-refractivity contribution is 6.31. The van der Waals surface area contributed by atoms with Gasteiger partial charge < -0.3 is 19.5 Å². The molecule has 0 aliphatic carbocycles. The number of rotatable bonds is 10. The Morgan fingerprint density at radius 1 is 0.921 bits per heavy atom. The van der Waals surface area contributed by atoms with E-state index in [1.165, 1.54) is 19.4 Å². The molecular weight excluding hydrogens is 506 g/mol. The topological polar surface area (TPSA) is 90.9 Å². The molecule has 0 aliphatic rings. The highest BCUT2D eigenvalue weighted by atomic mass is 35.5. The number of halogens is 1. The van der Waals surface area contributed by atoms with Crippen LogP contribution < -0.4 is 5.32 Å². The maximum atomic E-state index is 12.6. The van der Waals surface area contributed by atoms with Crippen LogP contribution in [0.15, 0.2) is 48.5 Å². The lowest BCUT2D eigenvalue weighted by Crippen LogP contribution is -2.57. The molecule has 7 nitrogen and oxygen atoms in total. The van der Waals surface area contributed by atoms with Crippen molar-refractivity contribution < 1.29 is 28.6 Å². The van der Waals surface area contributed by atoms with Crippen LogP contribution in [0, 0.1) is 11.8 Å². The molecule has 0 radical (unpaired) electrons. The van der Waals surface area contributed by atoms with Crippen LogP contribution in [0.3, 0.4) is 0 Å². The quantitative estimate of drug-likeness (QED) is 0.237. The van der Waals surface area contributed by atoms with Crippen molar-refractivity contribution in [1.82, 2.24) is 5.32 Å². The molecule has 0 bridgehead atoms. The minimum atomic E-state index is -1.22. The summed E-state index contributed by atoms with van der Waals surface area (Å²) < 4.78 is 15.9. The second-order valence-corrected chi connectivity index (χ2v) is 10.5. The number of ether oxygens (including phenoxy) is 3. The first-order valence-electron chi connectivity index (χ1n) is 12.5. The molecule has 0 atom stereocenters. The molecule has 1 N–H and O–H groups in total. The number of amides is 1. The molecule has 204 valence electrons. The van der Waals surface area contributed by atoms with E-state index >= 15 is 0 Å². The van der Waals surface area contributed by atoms with Gasteiger partial charge in [-0.05, 0) is 63.3 Å². The van der Waals surface area contributed by atoms with Gasteiger partial charge in [-0.15, -0.1) is 0 Å². The molecule has 0 saturated carbocycles. The summed E-state index contributed by atoms with van der Waals surface area (Å²) in [7, 11) is 0. The van der Waals surface area contributed by atoms with Crippen molar-refractivity contribution in [2.45, 2.75) is 71.4 Å². The molecule has 2 rings (SSSR count).